The predicted molar refractivity (Wildman–Crippen MR) is 114 cm³/mol. The molecule has 5 atom stereocenters. The second kappa shape index (κ2) is 6.84. The maximum Gasteiger partial charge on any atom is 0.302 e. The zero-order valence-corrected chi connectivity index (χ0v) is 18.2. The van der Waals surface area contributed by atoms with Crippen LogP contribution in [0.1, 0.15) is 39.2 Å². The van der Waals surface area contributed by atoms with Crippen molar-refractivity contribution in [3.63, 3.8) is 0 Å². The van der Waals surface area contributed by atoms with Crippen LogP contribution >= 0.6 is 0 Å². The normalized spacial score (nSPS) is 35.2. The predicted octanol–water partition coefficient (Wildman–Crippen LogP) is 2.90. The van der Waals surface area contributed by atoms with E-state index in [1.165, 1.54) is 18.1 Å². The fraction of sp³-hybridized carbons (Fsp3) is 0.583. The summed E-state index contributed by atoms with van der Waals surface area (Å²) < 4.78 is 11.1. The molecule has 0 radical (unpaired) electrons. The number of carbonyl (C=O) groups excluding carboxylic acids is 2. The van der Waals surface area contributed by atoms with Crippen LogP contribution in [0.2, 0.25) is 0 Å². The Kier molecular flexibility index (Phi) is 4.47. The van der Waals surface area contributed by atoms with Gasteiger partial charge in [-0.3, -0.25) is 14.5 Å². The van der Waals surface area contributed by atoms with Gasteiger partial charge < -0.3 is 14.4 Å². The molecule has 0 N–H and O–H groups in total. The highest BCUT2D eigenvalue weighted by Gasteiger charge is 2.68. The number of esters is 1. The SMILES string of the molecule is CC=C1CN2CCC34c5ccc(OC)cc5N(C(C)=O)C3C(COC(C)=O)C1CC24. The Morgan fingerprint density at radius 1 is 1.30 bits per heavy atom. The molecule has 1 aromatic rings. The van der Waals surface area contributed by atoms with Gasteiger partial charge in [0, 0.05) is 43.8 Å². The summed E-state index contributed by atoms with van der Waals surface area (Å²) >= 11 is 0. The number of piperidine rings is 1. The number of hydrogen-bond acceptors (Lipinski definition) is 5. The lowest BCUT2D eigenvalue weighted by Gasteiger charge is -2.56. The first kappa shape index (κ1) is 19.6. The van der Waals surface area contributed by atoms with Crippen LogP contribution in [0.5, 0.6) is 5.75 Å². The largest absolute Gasteiger partial charge is 0.497 e. The summed E-state index contributed by atoms with van der Waals surface area (Å²) in [6.45, 7) is 7.58. The van der Waals surface area contributed by atoms with Crippen molar-refractivity contribution in [1.82, 2.24) is 4.90 Å². The summed E-state index contributed by atoms with van der Waals surface area (Å²) in [5, 5.41) is 0. The van der Waals surface area contributed by atoms with Gasteiger partial charge in [-0.1, -0.05) is 17.7 Å². The number of hydrogen-bond donors (Lipinski definition) is 0. The number of anilines is 1. The minimum Gasteiger partial charge on any atom is -0.497 e. The van der Waals surface area contributed by atoms with Crippen molar-refractivity contribution in [3.8, 4) is 5.75 Å². The molecule has 5 unspecified atom stereocenters. The first-order valence-electron chi connectivity index (χ1n) is 10.9. The first-order chi connectivity index (χ1) is 14.4. The van der Waals surface area contributed by atoms with E-state index in [4.69, 9.17) is 9.47 Å². The van der Waals surface area contributed by atoms with Crippen molar-refractivity contribution in [2.75, 3.05) is 31.7 Å². The number of methoxy groups -OCH3 is 1. The van der Waals surface area contributed by atoms with Crippen LogP contribution in [0.25, 0.3) is 0 Å². The summed E-state index contributed by atoms with van der Waals surface area (Å²) in [5.74, 6) is 0.950. The number of ether oxygens (including phenoxy) is 2. The fourth-order valence-corrected chi connectivity index (χ4v) is 7.03. The van der Waals surface area contributed by atoms with Crippen LogP contribution in [0.15, 0.2) is 29.8 Å². The van der Waals surface area contributed by atoms with Crippen molar-refractivity contribution >= 4 is 17.6 Å². The Bertz CT molecular complexity index is 941. The van der Waals surface area contributed by atoms with Crippen LogP contribution in [0, 0.1) is 11.8 Å². The Labute approximate surface area is 177 Å². The lowest BCUT2D eigenvalue weighted by atomic mass is 9.55. The highest BCUT2D eigenvalue weighted by Crippen LogP contribution is 2.63. The maximum atomic E-state index is 13.0. The molecule has 1 aromatic carbocycles. The summed E-state index contributed by atoms with van der Waals surface area (Å²) in [7, 11) is 1.66. The van der Waals surface area contributed by atoms with Gasteiger partial charge >= 0.3 is 5.97 Å². The number of rotatable bonds is 3. The molecule has 1 amide bonds. The van der Waals surface area contributed by atoms with E-state index in [9.17, 15) is 9.59 Å². The number of nitrogens with zero attached hydrogens (tertiary/aromatic N) is 2. The number of fused-ring (bicyclic) bond motifs is 2. The molecule has 30 heavy (non-hydrogen) atoms. The minimum absolute atomic E-state index is 0.0135. The Hall–Kier alpha value is -2.34. The van der Waals surface area contributed by atoms with Gasteiger partial charge in [-0.15, -0.1) is 0 Å². The molecule has 2 saturated heterocycles. The zero-order chi connectivity index (χ0) is 21.2. The van der Waals surface area contributed by atoms with Gasteiger partial charge in [-0.2, -0.15) is 0 Å². The quantitative estimate of drug-likeness (QED) is 0.567. The molecule has 5 rings (SSSR count). The van der Waals surface area contributed by atoms with Gasteiger partial charge in [-0.25, -0.2) is 0 Å². The second-order valence-corrected chi connectivity index (χ2v) is 9.17. The van der Waals surface area contributed by atoms with E-state index in [0.717, 1.165) is 37.4 Å². The van der Waals surface area contributed by atoms with Crippen LogP contribution < -0.4 is 9.64 Å². The average Bonchev–Trinajstić information content (AvgIpc) is 3.26. The molecule has 1 aliphatic carbocycles. The molecule has 1 spiro atoms. The standard InChI is InChI=1S/C24H30N2O4/c1-5-16-12-25-9-8-24-20-7-6-17(29-4)10-21(20)26(14(2)27)23(24)19(13-30-15(3)28)18(16)11-22(24)25/h5-7,10,18-19,22-23H,8-9,11-13H2,1-4H3. The summed E-state index contributed by atoms with van der Waals surface area (Å²) in [6, 6.07) is 6.59. The Morgan fingerprint density at radius 3 is 2.77 bits per heavy atom. The molecular formula is C24H30N2O4. The van der Waals surface area contributed by atoms with Crippen LogP contribution in [-0.2, 0) is 19.7 Å². The minimum atomic E-state index is -0.261. The molecule has 160 valence electrons. The van der Waals surface area contributed by atoms with Crippen molar-refractivity contribution in [3.05, 3.63) is 35.4 Å². The molecule has 4 aliphatic rings. The number of carbonyl (C=O) groups is 2. The van der Waals surface area contributed by atoms with Crippen molar-refractivity contribution in [2.24, 2.45) is 11.8 Å². The first-order valence-corrected chi connectivity index (χ1v) is 10.9. The van der Waals surface area contributed by atoms with Gasteiger partial charge in [0.15, 0.2) is 0 Å². The van der Waals surface area contributed by atoms with Crippen molar-refractivity contribution < 1.29 is 19.1 Å². The van der Waals surface area contributed by atoms with Gasteiger partial charge in [0.1, 0.15) is 5.75 Å². The molecule has 1 saturated carbocycles. The molecule has 2 bridgehead atoms. The van der Waals surface area contributed by atoms with Crippen molar-refractivity contribution in [2.45, 2.75) is 51.1 Å². The van der Waals surface area contributed by atoms with Crippen LogP contribution in [0.4, 0.5) is 5.69 Å². The van der Waals surface area contributed by atoms with Crippen molar-refractivity contribution in [1.29, 1.82) is 0 Å². The third-order valence-corrected chi connectivity index (χ3v) is 8.07. The highest BCUT2D eigenvalue weighted by atomic mass is 16.5. The zero-order valence-electron chi connectivity index (χ0n) is 18.2. The third-order valence-electron chi connectivity index (χ3n) is 8.07. The summed E-state index contributed by atoms with van der Waals surface area (Å²) in [4.78, 5) is 29.4. The van der Waals surface area contributed by atoms with Crippen LogP contribution in [0.3, 0.4) is 0 Å². The van der Waals surface area contributed by atoms with Gasteiger partial charge in [-0.05, 0) is 43.9 Å². The molecule has 6 heteroatoms. The van der Waals surface area contributed by atoms with E-state index in [-0.39, 0.29) is 29.3 Å². The average molecular weight is 411 g/mol. The Balaban J connectivity index is 1.71. The number of amides is 1. The van der Waals surface area contributed by atoms with Gasteiger partial charge in [0.2, 0.25) is 5.91 Å². The molecule has 3 fully saturated rings. The van der Waals surface area contributed by atoms with Gasteiger partial charge in [0.25, 0.3) is 0 Å². The van der Waals surface area contributed by atoms with E-state index in [2.05, 4.69) is 24.0 Å². The molecule has 3 aliphatic heterocycles. The third kappa shape index (κ3) is 2.46. The lowest BCUT2D eigenvalue weighted by Crippen LogP contribution is -2.65. The molecule has 3 heterocycles. The molecular weight excluding hydrogens is 380 g/mol. The Morgan fingerprint density at radius 2 is 2.10 bits per heavy atom. The number of benzene rings is 1. The number of allylic oxidation sites excluding steroid dienone is 1. The van der Waals surface area contributed by atoms with Gasteiger partial charge in [0.05, 0.1) is 25.4 Å². The van der Waals surface area contributed by atoms with E-state index < -0.39 is 0 Å². The van der Waals surface area contributed by atoms with E-state index in [1.54, 1.807) is 14.0 Å². The highest BCUT2D eigenvalue weighted by molar-refractivity contribution is 5.96. The van der Waals surface area contributed by atoms with E-state index in [1.807, 2.05) is 17.0 Å². The van der Waals surface area contributed by atoms with Crippen LogP contribution in [-0.4, -0.2) is 55.7 Å². The van der Waals surface area contributed by atoms with E-state index in [0.29, 0.717) is 18.6 Å². The smallest absolute Gasteiger partial charge is 0.302 e. The summed E-state index contributed by atoms with van der Waals surface area (Å²) in [6.07, 6.45) is 4.31. The van der Waals surface area contributed by atoms with E-state index >= 15 is 0 Å². The second-order valence-electron chi connectivity index (χ2n) is 9.17. The molecule has 6 nitrogen and oxygen atoms in total. The topological polar surface area (TPSA) is 59.1 Å². The maximum absolute atomic E-state index is 13.0. The fourth-order valence-electron chi connectivity index (χ4n) is 7.03. The molecule has 0 aromatic heterocycles. The lowest BCUT2D eigenvalue weighted by molar-refractivity contribution is -0.144. The summed E-state index contributed by atoms with van der Waals surface area (Å²) in [5.41, 5.74) is 3.52. The monoisotopic (exact) mass is 410 g/mol.